The first-order valence-corrected chi connectivity index (χ1v) is 6.98. The molecule has 1 saturated carbocycles. The number of nitrogens with one attached hydrogen (secondary N) is 1. The van der Waals surface area contributed by atoms with Crippen LogP contribution in [0.15, 0.2) is 24.3 Å². The molecule has 0 aromatic heterocycles. The Kier molecular flexibility index (Phi) is 3.78. The number of rotatable bonds is 3. The van der Waals surface area contributed by atoms with E-state index >= 15 is 0 Å². The van der Waals surface area contributed by atoms with Gasteiger partial charge in [0.05, 0.1) is 5.41 Å². The molecule has 1 amide bonds. The van der Waals surface area contributed by atoms with Crippen LogP contribution in [0, 0.1) is 22.6 Å². The summed E-state index contributed by atoms with van der Waals surface area (Å²) in [7, 11) is 0. The third-order valence-electron chi connectivity index (χ3n) is 5.11. The summed E-state index contributed by atoms with van der Waals surface area (Å²) in [5.74, 6) is -1.97. The number of hydrogen-bond donors (Lipinski definition) is 2. The zero-order valence-corrected chi connectivity index (χ0v) is 12.4. The van der Waals surface area contributed by atoms with Crippen molar-refractivity contribution in [1.82, 2.24) is 0 Å². The van der Waals surface area contributed by atoms with Crippen molar-refractivity contribution >= 4 is 17.6 Å². The number of halogens is 1. The van der Waals surface area contributed by atoms with Gasteiger partial charge in [-0.3, -0.25) is 9.59 Å². The summed E-state index contributed by atoms with van der Waals surface area (Å²) < 4.78 is 13.1. The topological polar surface area (TPSA) is 66.4 Å². The maximum atomic E-state index is 13.1. The molecule has 0 saturated heterocycles. The van der Waals surface area contributed by atoms with E-state index in [1.165, 1.54) is 18.2 Å². The molecule has 1 fully saturated rings. The molecule has 21 heavy (non-hydrogen) atoms. The number of benzene rings is 1. The first-order chi connectivity index (χ1) is 9.68. The summed E-state index contributed by atoms with van der Waals surface area (Å²) in [6.45, 7) is 5.30. The van der Waals surface area contributed by atoms with Crippen LogP contribution in [0.3, 0.4) is 0 Å². The normalized spacial score (nSPS) is 27.3. The third-order valence-corrected chi connectivity index (χ3v) is 5.11. The molecule has 0 bridgehead atoms. The second-order valence-electron chi connectivity index (χ2n) is 6.45. The lowest BCUT2D eigenvalue weighted by Gasteiger charge is -2.37. The minimum atomic E-state index is -0.934. The number of amides is 1. The molecule has 2 N–H and O–H groups in total. The zero-order chi connectivity index (χ0) is 15.8. The van der Waals surface area contributed by atoms with E-state index in [0.717, 1.165) is 0 Å². The molecule has 114 valence electrons. The van der Waals surface area contributed by atoms with E-state index in [0.29, 0.717) is 18.5 Å². The Balaban J connectivity index is 2.19. The van der Waals surface area contributed by atoms with Crippen LogP contribution in [-0.4, -0.2) is 17.0 Å². The van der Waals surface area contributed by atoms with Gasteiger partial charge in [0.2, 0.25) is 5.91 Å². The smallest absolute Gasteiger partial charge is 0.309 e. The van der Waals surface area contributed by atoms with Crippen LogP contribution < -0.4 is 5.32 Å². The SMILES string of the molecule is CC1(C)[C@H](C(=O)Nc2cccc(F)c2)CC[C@@]1(C)C(=O)O. The molecule has 1 aromatic carbocycles. The molecule has 0 spiro atoms. The van der Waals surface area contributed by atoms with Gasteiger partial charge in [-0.1, -0.05) is 19.9 Å². The minimum Gasteiger partial charge on any atom is -0.481 e. The molecule has 0 heterocycles. The van der Waals surface area contributed by atoms with Gasteiger partial charge in [0.15, 0.2) is 0 Å². The van der Waals surface area contributed by atoms with Crippen LogP contribution in [0.1, 0.15) is 33.6 Å². The Morgan fingerprint density at radius 1 is 1.33 bits per heavy atom. The summed E-state index contributed by atoms with van der Waals surface area (Å²) in [6, 6.07) is 5.68. The van der Waals surface area contributed by atoms with E-state index in [2.05, 4.69) is 5.32 Å². The van der Waals surface area contributed by atoms with Crippen LogP contribution in [0.5, 0.6) is 0 Å². The Morgan fingerprint density at radius 3 is 2.52 bits per heavy atom. The van der Waals surface area contributed by atoms with Crippen molar-refractivity contribution in [1.29, 1.82) is 0 Å². The molecule has 0 radical (unpaired) electrons. The maximum Gasteiger partial charge on any atom is 0.309 e. The molecular formula is C16H20FNO3. The summed E-state index contributed by atoms with van der Waals surface area (Å²) in [6.07, 6.45) is 0.966. The van der Waals surface area contributed by atoms with Crippen molar-refractivity contribution < 1.29 is 19.1 Å². The maximum absolute atomic E-state index is 13.1. The average Bonchev–Trinajstić information content (AvgIpc) is 2.61. The molecule has 1 aromatic rings. The molecule has 1 aliphatic rings. The molecule has 2 rings (SSSR count). The number of aliphatic carboxylic acids is 1. The van der Waals surface area contributed by atoms with Crippen molar-refractivity contribution in [3.05, 3.63) is 30.1 Å². The van der Waals surface area contributed by atoms with Crippen LogP contribution in [-0.2, 0) is 9.59 Å². The number of hydrogen-bond acceptors (Lipinski definition) is 2. The third kappa shape index (κ3) is 2.52. The highest BCUT2D eigenvalue weighted by Gasteiger charge is 2.58. The first kappa shape index (κ1) is 15.5. The van der Waals surface area contributed by atoms with E-state index in [1.807, 2.05) is 13.8 Å². The fourth-order valence-corrected chi connectivity index (χ4v) is 3.14. The Bertz CT molecular complexity index is 585. The number of carbonyl (C=O) groups is 2. The van der Waals surface area contributed by atoms with Crippen molar-refractivity contribution in [3.63, 3.8) is 0 Å². The molecular weight excluding hydrogens is 273 g/mol. The highest BCUT2D eigenvalue weighted by molar-refractivity contribution is 5.94. The molecule has 0 aliphatic heterocycles. The van der Waals surface area contributed by atoms with Gasteiger partial charge in [-0.15, -0.1) is 0 Å². The quantitative estimate of drug-likeness (QED) is 0.898. The van der Waals surface area contributed by atoms with Gasteiger partial charge in [-0.05, 0) is 43.4 Å². The second kappa shape index (κ2) is 5.13. The lowest BCUT2D eigenvalue weighted by atomic mass is 9.65. The largest absolute Gasteiger partial charge is 0.481 e. The molecule has 0 unspecified atom stereocenters. The second-order valence-corrected chi connectivity index (χ2v) is 6.45. The summed E-state index contributed by atoms with van der Waals surface area (Å²) >= 11 is 0. The number of carboxylic acids is 1. The van der Waals surface area contributed by atoms with E-state index in [-0.39, 0.29) is 5.91 Å². The van der Waals surface area contributed by atoms with Crippen LogP contribution in [0.2, 0.25) is 0 Å². The lowest BCUT2D eigenvalue weighted by molar-refractivity contribution is -0.154. The van der Waals surface area contributed by atoms with Gasteiger partial charge in [0.1, 0.15) is 5.82 Å². The minimum absolute atomic E-state index is 0.254. The summed E-state index contributed by atoms with van der Waals surface area (Å²) in [5, 5.41) is 12.1. The fourth-order valence-electron chi connectivity index (χ4n) is 3.14. The summed E-state index contributed by atoms with van der Waals surface area (Å²) in [4.78, 5) is 24.0. The molecule has 1 aliphatic carbocycles. The first-order valence-electron chi connectivity index (χ1n) is 6.98. The zero-order valence-electron chi connectivity index (χ0n) is 12.4. The van der Waals surface area contributed by atoms with Gasteiger partial charge < -0.3 is 10.4 Å². The highest BCUT2D eigenvalue weighted by atomic mass is 19.1. The average molecular weight is 293 g/mol. The van der Waals surface area contributed by atoms with Crippen molar-refractivity contribution in [2.75, 3.05) is 5.32 Å². The van der Waals surface area contributed by atoms with Gasteiger partial charge >= 0.3 is 5.97 Å². The molecule has 2 atom stereocenters. The predicted octanol–water partition coefficient (Wildman–Crippen LogP) is 3.29. The summed E-state index contributed by atoms with van der Waals surface area (Å²) in [5.41, 5.74) is -1.22. The molecule has 5 heteroatoms. The van der Waals surface area contributed by atoms with Crippen molar-refractivity contribution in [3.8, 4) is 0 Å². The number of carbonyl (C=O) groups excluding carboxylic acids is 1. The van der Waals surface area contributed by atoms with E-state index in [1.54, 1.807) is 13.0 Å². The van der Waals surface area contributed by atoms with Crippen LogP contribution in [0.25, 0.3) is 0 Å². The Hall–Kier alpha value is -1.91. The highest BCUT2D eigenvalue weighted by Crippen LogP contribution is 2.56. The lowest BCUT2D eigenvalue weighted by Crippen LogP contribution is -2.43. The number of anilines is 1. The van der Waals surface area contributed by atoms with Crippen molar-refractivity contribution in [2.24, 2.45) is 16.7 Å². The van der Waals surface area contributed by atoms with Crippen molar-refractivity contribution in [2.45, 2.75) is 33.6 Å². The molecule has 4 nitrogen and oxygen atoms in total. The van der Waals surface area contributed by atoms with E-state index < -0.39 is 28.5 Å². The monoisotopic (exact) mass is 293 g/mol. The van der Waals surface area contributed by atoms with Gasteiger partial charge in [0, 0.05) is 11.6 Å². The fraction of sp³-hybridized carbons (Fsp3) is 0.500. The Labute approximate surface area is 123 Å². The van der Waals surface area contributed by atoms with Crippen LogP contribution >= 0.6 is 0 Å². The van der Waals surface area contributed by atoms with Crippen LogP contribution in [0.4, 0.5) is 10.1 Å². The standard InChI is InChI=1S/C16H20FNO3/c1-15(2)12(7-8-16(15,3)14(20)21)13(19)18-11-6-4-5-10(17)9-11/h4-6,9,12H,7-8H2,1-3H3,(H,18,19)(H,20,21)/t12-,16-/m0/s1. The Morgan fingerprint density at radius 2 is 2.00 bits per heavy atom. The van der Waals surface area contributed by atoms with Gasteiger partial charge in [-0.25, -0.2) is 4.39 Å². The van der Waals surface area contributed by atoms with E-state index in [9.17, 15) is 19.1 Å². The van der Waals surface area contributed by atoms with E-state index in [4.69, 9.17) is 0 Å². The predicted molar refractivity (Wildman–Crippen MR) is 77.3 cm³/mol. The van der Waals surface area contributed by atoms with Gasteiger partial charge in [-0.2, -0.15) is 0 Å². The number of carboxylic acid groups (broad SMARTS) is 1. The van der Waals surface area contributed by atoms with Gasteiger partial charge in [0.25, 0.3) is 0 Å².